The average molecular weight is 368 g/mol. The summed E-state index contributed by atoms with van der Waals surface area (Å²) in [6, 6.07) is 2.45. The third-order valence-corrected chi connectivity index (χ3v) is 3.39. The van der Waals surface area contributed by atoms with Crippen LogP contribution in [0.15, 0.2) is 18.2 Å². The molecule has 0 aliphatic rings. The molecule has 0 saturated carbocycles. The van der Waals surface area contributed by atoms with E-state index in [-0.39, 0.29) is 42.9 Å². The van der Waals surface area contributed by atoms with Crippen LogP contribution in [0.4, 0.5) is 5.69 Å². The number of benzene rings is 1. The highest BCUT2D eigenvalue weighted by molar-refractivity contribution is 5.86. The standard InChI is InChI=1S/C16H20N2O8/c1-3-26-15(20)7-6-14(19)17-12(16(21)22)9-10-8-11(18(23)24)4-5-13(10)25-2/h4-5,8,12H,3,6-7,9H2,1-2H3,(H,17,19)(H,21,22)/t12-/m1/s1. The van der Waals surface area contributed by atoms with Crippen LogP contribution < -0.4 is 10.1 Å². The van der Waals surface area contributed by atoms with E-state index in [2.05, 4.69) is 5.32 Å². The second-order valence-electron chi connectivity index (χ2n) is 5.22. The molecule has 1 rings (SSSR count). The van der Waals surface area contributed by atoms with Crippen molar-refractivity contribution >= 4 is 23.5 Å². The normalized spacial score (nSPS) is 11.3. The Hall–Kier alpha value is -3.17. The molecule has 1 aromatic rings. The Bertz CT molecular complexity index is 689. The van der Waals surface area contributed by atoms with Crippen LogP contribution in [0.3, 0.4) is 0 Å². The zero-order valence-corrected chi connectivity index (χ0v) is 14.4. The highest BCUT2D eigenvalue weighted by atomic mass is 16.6. The maximum atomic E-state index is 11.9. The molecule has 142 valence electrons. The Balaban J connectivity index is 2.84. The molecule has 0 aromatic heterocycles. The number of ether oxygens (including phenoxy) is 2. The molecule has 0 fully saturated rings. The van der Waals surface area contributed by atoms with Crippen molar-refractivity contribution in [1.82, 2.24) is 5.32 Å². The molecule has 0 aliphatic carbocycles. The fourth-order valence-electron chi connectivity index (χ4n) is 2.17. The summed E-state index contributed by atoms with van der Waals surface area (Å²) < 4.78 is 9.77. The number of rotatable bonds is 10. The number of non-ortho nitro benzene ring substituents is 1. The van der Waals surface area contributed by atoms with E-state index in [0.717, 1.165) is 0 Å². The lowest BCUT2D eigenvalue weighted by Crippen LogP contribution is -2.42. The minimum absolute atomic E-state index is 0.174. The minimum atomic E-state index is -1.33. The highest BCUT2D eigenvalue weighted by Crippen LogP contribution is 2.25. The molecule has 0 spiro atoms. The van der Waals surface area contributed by atoms with Gasteiger partial charge in [0.2, 0.25) is 5.91 Å². The topological polar surface area (TPSA) is 145 Å². The van der Waals surface area contributed by atoms with Crippen LogP contribution in [-0.2, 0) is 25.5 Å². The van der Waals surface area contributed by atoms with Gasteiger partial charge in [0.05, 0.1) is 25.1 Å². The van der Waals surface area contributed by atoms with Gasteiger partial charge in [-0.1, -0.05) is 0 Å². The Labute approximate surface area is 149 Å². The lowest BCUT2D eigenvalue weighted by Gasteiger charge is -2.16. The van der Waals surface area contributed by atoms with E-state index < -0.39 is 28.8 Å². The number of carboxylic acid groups (broad SMARTS) is 1. The summed E-state index contributed by atoms with van der Waals surface area (Å²) in [5.41, 5.74) is 0.0402. The Morgan fingerprint density at radius 3 is 2.54 bits per heavy atom. The van der Waals surface area contributed by atoms with Gasteiger partial charge in [0, 0.05) is 30.5 Å². The molecule has 1 atom stereocenters. The molecule has 1 amide bonds. The van der Waals surface area contributed by atoms with Gasteiger partial charge in [0.15, 0.2) is 0 Å². The van der Waals surface area contributed by atoms with Gasteiger partial charge in [-0.3, -0.25) is 19.7 Å². The molecule has 10 nitrogen and oxygen atoms in total. The van der Waals surface area contributed by atoms with E-state index in [1.165, 1.54) is 25.3 Å². The van der Waals surface area contributed by atoms with Crippen molar-refractivity contribution in [2.75, 3.05) is 13.7 Å². The number of methoxy groups -OCH3 is 1. The van der Waals surface area contributed by atoms with Crippen LogP contribution in [-0.4, -0.2) is 47.6 Å². The Kier molecular flexibility index (Phi) is 8.00. The number of amides is 1. The molecule has 0 radical (unpaired) electrons. The van der Waals surface area contributed by atoms with Crippen molar-refractivity contribution in [2.24, 2.45) is 0 Å². The molecule has 10 heteroatoms. The van der Waals surface area contributed by atoms with Gasteiger partial charge in [-0.25, -0.2) is 4.79 Å². The number of hydrogen-bond donors (Lipinski definition) is 2. The molecule has 0 heterocycles. The molecular formula is C16H20N2O8. The molecule has 0 saturated heterocycles. The summed E-state index contributed by atoms with van der Waals surface area (Å²) in [7, 11) is 1.35. The van der Waals surface area contributed by atoms with Gasteiger partial charge in [-0.2, -0.15) is 0 Å². The van der Waals surface area contributed by atoms with Gasteiger partial charge in [-0.15, -0.1) is 0 Å². The lowest BCUT2D eigenvalue weighted by atomic mass is 10.0. The Morgan fingerprint density at radius 1 is 1.31 bits per heavy atom. The first kappa shape index (κ1) is 20.9. The van der Waals surface area contributed by atoms with E-state index in [1.54, 1.807) is 6.92 Å². The smallest absolute Gasteiger partial charge is 0.326 e. The van der Waals surface area contributed by atoms with Gasteiger partial charge in [-0.05, 0) is 13.0 Å². The van der Waals surface area contributed by atoms with Crippen LogP contribution in [0, 0.1) is 10.1 Å². The zero-order valence-electron chi connectivity index (χ0n) is 14.4. The number of nitro benzene ring substituents is 1. The number of aliphatic carboxylic acids is 1. The summed E-state index contributed by atoms with van der Waals surface area (Å²) in [6.45, 7) is 1.82. The molecular weight excluding hydrogens is 348 g/mol. The minimum Gasteiger partial charge on any atom is -0.496 e. The molecule has 0 aliphatic heterocycles. The first-order chi connectivity index (χ1) is 12.3. The van der Waals surface area contributed by atoms with Crippen LogP contribution in [0.5, 0.6) is 5.75 Å². The molecule has 0 bridgehead atoms. The fourth-order valence-corrected chi connectivity index (χ4v) is 2.17. The number of carbonyl (C=O) groups excluding carboxylic acids is 2. The van der Waals surface area contributed by atoms with Crippen molar-refractivity contribution in [3.63, 3.8) is 0 Å². The quantitative estimate of drug-likeness (QED) is 0.354. The number of nitro groups is 1. The monoisotopic (exact) mass is 368 g/mol. The van der Waals surface area contributed by atoms with Crippen molar-refractivity contribution in [3.8, 4) is 5.75 Å². The van der Waals surface area contributed by atoms with Gasteiger partial charge >= 0.3 is 11.9 Å². The van der Waals surface area contributed by atoms with Crippen molar-refractivity contribution in [1.29, 1.82) is 0 Å². The lowest BCUT2D eigenvalue weighted by molar-refractivity contribution is -0.384. The van der Waals surface area contributed by atoms with Crippen molar-refractivity contribution < 1.29 is 33.9 Å². The van der Waals surface area contributed by atoms with Crippen molar-refractivity contribution in [3.05, 3.63) is 33.9 Å². The van der Waals surface area contributed by atoms with Crippen LogP contribution in [0.1, 0.15) is 25.3 Å². The summed E-state index contributed by atoms with van der Waals surface area (Å²) >= 11 is 0. The maximum absolute atomic E-state index is 11.9. The summed E-state index contributed by atoms with van der Waals surface area (Å²) in [4.78, 5) is 44.8. The molecule has 0 unspecified atom stereocenters. The number of carbonyl (C=O) groups is 3. The SMILES string of the molecule is CCOC(=O)CCC(=O)N[C@H](Cc1cc([N+](=O)[O-])ccc1OC)C(=O)O. The number of hydrogen-bond acceptors (Lipinski definition) is 7. The summed E-state index contributed by atoms with van der Waals surface area (Å²) in [5, 5.41) is 22.5. The second-order valence-corrected chi connectivity index (χ2v) is 5.22. The van der Waals surface area contributed by atoms with Gasteiger partial charge in [0.25, 0.3) is 5.69 Å². The molecule has 1 aromatic carbocycles. The van der Waals surface area contributed by atoms with E-state index in [0.29, 0.717) is 0 Å². The van der Waals surface area contributed by atoms with E-state index in [9.17, 15) is 29.6 Å². The average Bonchev–Trinajstić information content (AvgIpc) is 2.59. The number of nitrogens with one attached hydrogen (secondary N) is 1. The summed E-state index contributed by atoms with van der Waals surface area (Å²) in [5.74, 6) is -2.25. The first-order valence-electron chi connectivity index (χ1n) is 7.77. The van der Waals surface area contributed by atoms with E-state index in [1.807, 2.05) is 0 Å². The van der Waals surface area contributed by atoms with Crippen LogP contribution >= 0.6 is 0 Å². The van der Waals surface area contributed by atoms with Gasteiger partial charge in [0.1, 0.15) is 11.8 Å². The predicted molar refractivity (Wildman–Crippen MR) is 88.8 cm³/mol. The third kappa shape index (κ3) is 6.38. The number of esters is 1. The maximum Gasteiger partial charge on any atom is 0.326 e. The van der Waals surface area contributed by atoms with Crippen molar-refractivity contribution in [2.45, 2.75) is 32.2 Å². The highest BCUT2D eigenvalue weighted by Gasteiger charge is 2.23. The fraction of sp³-hybridized carbons (Fsp3) is 0.438. The largest absolute Gasteiger partial charge is 0.496 e. The predicted octanol–water partition coefficient (Wildman–Crippen LogP) is 1.06. The first-order valence-corrected chi connectivity index (χ1v) is 7.77. The third-order valence-electron chi connectivity index (χ3n) is 3.39. The Morgan fingerprint density at radius 2 is 2.00 bits per heavy atom. The van der Waals surface area contributed by atoms with E-state index >= 15 is 0 Å². The number of nitrogens with zero attached hydrogens (tertiary/aromatic N) is 1. The molecule has 26 heavy (non-hydrogen) atoms. The second kappa shape index (κ2) is 9.97. The van der Waals surface area contributed by atoms with Crippen LogP contribution in [0.25, 0.3) is 0 Å². The van der Waals surface area contributed by atoms with E-state index in [4.69, 9.17) is 9.47 Å². The zero-order chi connectivity index (χ0) is 19.7. The van der Waals surface area contributed by atoms with Gasteiger partial charge < -0.3 is 19.9 Å². The summed E-state index contributed by atoms with van der Waals surface area (Å²) in [6.07, 6.45) is -0.619. The van der Waals surface area contributed by atoms with Crippen LogP contribution in [0.2, 0.25) is 0 Å². The number of carboxylic acids is 1. The molecule has 2 N–H and O–H groups in total.